The van der Waals surface area contributed by atoms with E-state index in [-0.39, 0.29) is 0 Å². The van der Waals surface area contributed by atoms with Crippen LogP contribution in [0.5, 0.6) is 0 Å². The van der Waals surface area contributed by atoms with Crippen LogP contribution in [0.15, 0.2) is 30.3 Å². The van der Waals surface area contributed by atoms with Gasteiger partial charge in [-0.15, -0.1) is 11.6 Å². The van der Waals surface area contributed by atoms with Gasteiger partial charge >= 0.3 is 0 Å². The molecule has 2 aromatic rings. The van der Waals surface area contributed by atoms with Crippen molar-refractivity contribution in [3.8, 4) is 0 Å². The van der Waals surface area contributed by atoms with Crippen molar-refractivity contribution in [3.05, 3.63) is 36.0 Å². The van der Waals surface area contributed by atoms with Crippen LogP contribution < -0.4 is 4.90 Å². The molecule has 0 unspecified atom stereocenters. The van der Waals surface area contributed by atoms with Gasteiger partial charge in [0.25, 0.3) is 0 Å². The fourth-order valence-corrected chi connectivity index (χ4v) is 2.51. The van der Waals surface area contributed by atoms with Crippen molar-refractivity contribution >= 4 is 28.2 Å². The van der Waals surface area contributed by atoms with Crippen LogP contribution in [0.25, 0.3) is 10.8 Å². The molecule has 1 aromatic carbocycles. The van der Waals surface area contributed by atoms with Crippen LogP contribution in [0.4, 0.5) is 5.82 Å². The van der Waals surface area contributed by atoms with Crippen molar-refractivity contribution in [1.82, 2.24) is 4.98 Å². The number of rotatable bonds is 4. The molecule has 94 valence electrons. The van der Waals surface area contributed by atoms with E-state index in [0.29, 0.717) is 5.88 Å². The van der Waals surface area contributed by atoms with E-state index >= 15 is 0 Å². The predicted octanol–water partition coefficient (Wildman–Crippen LogP) is 3.82. The molecular formula is C15H17ClN2. The summed E-state index contributed by atoms with van der Waals surface area (Å²) in [7, 11) is 2.13. The number of anilines is 1. The van der Waals surface area contributed by atoms with Gasteiger partial charge in [0, 0.05) is 19.0 Å². The number of fused-ring (bicyclic) bond motifs is 1. The minimum absolute atomic E-state index is 0.467. The zero-order chi connectivity index (χ0) is 12.5. The lowest BCUT2D eigenvalue weighted by Crippen LogP contribution is -2.21. The Labute approximate surface area is 113 Å². The first-order valence-electron chi connectivity index (χ1n) is 6.43. The third kappa shape index (κ3) is 2.30. The Balaban J connectivity index is 2.06. The van der Waals surface area contributed by atoms with Crippen molar-refractivity contribution in [1.29, 1.82) is 0 Å². The van der Waals surface area contributed by atoms with E-state index < -0.39 is 0 Å². The number of pyridine rings is 1. The molecule has 18 heavy (non-hydrogen) atoms. The summed E-state index contributed by atoms with van der Waals surface area (Å²) in [5.41, 5.74) is 0.952. The number of benzene rings is 1. The summed E-state index contributed by atoms with van der Waals surface area (Å²) in [5.74, 6) is 2.39. The molecule has 1 aromatic heterocycles. The number of alkyl halides is 1. The number of hydrogen-bond acceptors (Lipinski definition) is 2. The fourth-order valence-electron chi connectivity index (χ4n) is 2.37. The third-order valence-corrected chi connectivity index (χ3v) is 3.77. The third-order valence-electron chi connectivity index (χ3n) is 3.50. The Morgan fingerprint density at radius 1 is 1.33 bits per heavy atom. The molecule has 0 radical (unpaired) electrons. The Bertz CT molecular complexity index is 563. The lowest BCUT2D eigenvalue weighted by molar-refractivity contribution is 0.778. The number of halogens is 1. The number of hydrogen-bond donors (Lipinski definition) is 0. The highest BCUT2D eigenvalue weighted by atomic mass is 35.5. The van der Waals surface area contributed by atoms with E-state index in [9.17, 15) is 0 Å². The van der Waals surface area contributed by atoms with Crippen LogP contribution in [-0.2, 0) is 5.88 Å². The molecule has 1 aliphatic rings. The van der Waals surface area contributed by atoms with E-state index in [1.54, 1.807) is 0 Å². The van der Waals surface area contributed by atoms with Crippen molar-refractivity contribution in [3.63, 3.8) is 0 Å². The maximum absolute atomic E-state index is 5.94. The average molecular weight is 261 g/mol. The lowest BCUT2D eigenvalue weighted by Gasteiger charge is -2.20. The molecule has 0 aliphatic heterocycles. The van der Waals surface area contributed by atoms with Crippen molar-refractivity contribution in [2.24, 2.45) is 5.92 Å². The molecule has 3 heteroatoms. The molecule has 1 saturated carbocycles. The van der Waals surface area contributed by atoms with E-state index in [0.717, 1.165) is 24.0 Å². The van der Waals surface area contributed by atoms with Crippen LogP contribution >= 0.6 is 11.6 Å². The van der Waals surface area contributed by atoms with Crippen LogP contribution in [0.1, 0.15) is 18.5 Å². The first-order valence-corrected chi connectivity index (χ1v) is 6.97. The molecule has 0 bridgehead atoms. The second kappa shape index (κ2) is 4.77. The normalized spacial score (nSPS) is 15.0. The number of aromatic nitrogens is 1. The Kier molecular flexibility index (Phi) is 3.13. The van der Waals surface area contributed by atoms with E-state index in [4.69, 9.17) is 16.6 Å². The largest absolute Gasteiger partial charge is 0.359 e. The van der Waals surface area contributed by atoms with Gasteiger partial charge in [0.2, 0.25) is 0 Å². The van der Waals surface area contributed by atoms with Gasteiger partial charge in [-0.25, -0.2) is 4.98 Å². The fraction of sp³-hybridized carbons (Fsp3) is 0.400. The van der Waals surface area contributed by atoms with Crippen molar-refractivity contribution in [2.45, 2.75) is 18.7 Å². The highest BCUT2D eigenvalue weighted by Crippen LogP contribution is 2.32. The summed E-state index contributed by atoms with van der Waals surface area (Å²) in [6.45, 7) is 1.10. The zero-order valence-electron chi connectivity index (χ0n) is 10.6. The van der Waals surface area contributed by atoms with Crippen LogP contribution in [0, 0.1) is 5.92 Å². The molecule has 0 saturated heterocycles. The summed E-state index contributed by atoms with van der Waals surface area (Å²) < 4.78 is 0. The second-order valence-electron chi connectivity index (χ2n) is 5.12. The van der Waals surface area contributed by atoms with E-state index in [1.807, 2.05) is 0 Å². The molecule has 0 N–H and O–H groups in total. The minimum atomic E-state index is 0.467. The molecule has 0 spiro atoms. The number of nitrogens with zero attached hydrogens (tertiary/aromatic N) is 2. The molecule has 1 fully saturated rings. The molecule has 1 aliphatic carbocycles. The zero-order valence-corrected chi connectivity index (χ0v) is 11.3. The highest BCUT2D eigenvalue weighted by molar-refractivity contribution is 6.17. The van der Waals surface area contributed by atoms with Gasteiger partial charge in [-0.05, 0) is 30.2 Å². The summed E-state index contributed by atoms with van der Waals surface area (Å²) >= 11 is 5.94. The van der Waals surface area contributed by atoms with Gasteiger partial charge < -0.3 is 4.90 Å². The maximum atomic E-state index is 5.94. The first-order chi connectivity index (χ1) is 8.78. The standard InChI is InChI=1S/C15H17ClN2/c1-18(10-11-6-7-11)15-14-5-3-2-4-12(14)8-13(9-16)17-15/h2-5,8,11H,6-7,9-10H2,1H3. The van der Waals surface area contributed by atoms with Crippen LogP contribution in [0.3, 0.4) is 0 Å². The molecule has 2 nitrogen and oxygen atoms in total. The average Bonchev–Trinajstić information content (AvgIpc) is 3.21. The second-order valence-corrected chi connectivity index (χ2v) is 5.38. The SMILES string of the molecule is CN(CC1CC1)c1nc(CCl)cc2ccccc12. The molecule has 0 amide bonds. The summed E-state index contributed by atoms with van der Waals surface area (Å²) in [4.78, 5) is 6.97. The van der Waals surface area contributed by atoms with Gasteiger partial charge in [0.15, 0.2) is 0 Å². The molecule has 1 heterocycles. The Morgan fingerprint density at radius 2 is 2.11 bits per heavy atom. The van der Waals surface area contributed by atoms with Gasteiger partial charge in [-0.3, -0.25) is 0 Å². The van der Waals surface area contributed by atoms with Gasteiger partial charge in [0.1, 0.15) is 5.82 Å². The van der Waals surface area contributed by atoms with Crippen molar-refractivity contribution in [2.75, 3.05) is 18.5 Å². The maximum Gasteiger partial charge on any atom is 0.136 e. The van der Waals surface area contributed by atoms with Crippen LogP contribution in [0.2, 0.25) is 0 Å². The first kappa shape index (κ1) is 11.8. The van der Waals surface area contributed by atoms with Crippen LogP contribution in [-0.4, -0.2) is 18.6 Å². The summed E-state index contributed by atoms with van der Waals surface area (Å²) in [6, 6.07) is 10.5. The summed E-state index contributed by atoms with van der Waals surface area (Å²) in [6.07, 6.45) is 2.72. The smallest absolute Gasteiger partial charge is 0.136 e. The Morgan fingerprint density at radius 3 is 2.83 bits per heavy atom. The summed E-state index contributed by atoms with van der Waals surface area (Å²) in [5, 5.41) is 2.44. The minimum Gasteiger partial charge on any atom is -0.359 e. The van der Waals surface area contributed by atoms with Gasteiger partial charge in [0.05, 0.1) is 11.6 Å². The predicted molar refractivity (Wildman–Crippen MR) is 77.3 cm³/mol. The quantitative estimate of drug-likeness (QED) is 0.777. The van der Waals surface area contributed by atoms with Gasteiger partial charge in [-0.1, -0.05) is 24.3 Å². The molecule has 3 rings (SSSR count). The topological polar surface area (TPSA) is 16.1 Å². The van der Waals surface area contributed by atoms with E-state index in [2.05, 4.69) is 42.3 Å². The lowest BCUT2D eigenvalue weighted by atomic mass is 10.1. The molecular weight excluding hydrogens is 244 g/mol. The van der Waals surface area contributed by atoms with Crippen molar-refractivity contribution < 1.29 is 0 Å². The Hall–Kier alpha value is -1.28. The highest BCUT2D eigenvalue weighted by Gasteiger charge is 2.24. The van der Waals surface area contributed by atoms with Gasteiger partial charge in [-0.2, -0.15) is 0 Å². The monoisotopic (exact) mass is 260 g/mol. The van der Waals surface area contributed by atoms with E-state index in [1.165, 1.54) is 23.6 Å². The molecule has 0 atom stereocenters.